The standard InChI is InChI=1S/C10H12O3/c1-6(2)5-7-8(11)3-4-9(12)10(7)13/h3-4,6,13H,5H2,1-2H3. The zero-order valence-electron chi connectivity index (χ0n) is 7.70. The average molecular weight is 180 g/mol. The highest BCUT2D eigenvalue weighted by Gasteiger charge is 2.22. The highest BCUT2D eigenvalue weighted by atomic mass is 16.3. The molecule has 0 aromatic heterocycles. The van der Waals surface area contributed by atoms with E-state index in [9.17, 15) is 14.7 Å². The zero-order chi connectivity index (χ0) is 10.0. The lowest BCUT2D eigenvalue weighted by molar-refractivity contribution is -0.117. The molecule has 1 N–H and O–H groups in total. The van der Waals surface area contributed by atoms with Crippen LogP contribution < -0.4 is 0 Å². The number of carbonyl (C=O) groups excluding carboxylic acids is 2. The number of allylic oxidation sites excluding steroid dienone is 3. The van der Waals surface area contributed by atoms with Gasteiger partial charge in [0.25, 0.3) is 0 Å². The van der Waals surface area contributed by atoms with Gasteiger partial charge in [-0.2, -0.15) is 0 Å². The highest BCUT2D eigenvalue weighted by Crippen LogP contribution is 2.19. The summed E-state index contributed by atoms with van der Waals surface area (Å²) < 4.78 is 0. The summed E-state index contributed by atoms with van der Waals surface area (Å²) in [5.41, 5.74) is 0.238. The molecule has 13 heavy (non-hydrogen) atoms. The van der Waals surface area contributed by atoms with Crippen LogP contribution in [0.5, 0.6) is 0 Å². The van der Waals surface area contributed by atoms with Crippen molar-refractivity contribution in [2.24, 2.45) is 5.92 Å². The molecule has 0 unspecified atom stereocenters. The molecule has 0 aromatic rings. The molecule has 3 nitrogen and oxygen atoms in total. The topological polar surface area (TPSA) is 54.4 Å². The van der Waals surface area contributed by atoms with Crippen molar-refractivity contribution in [2.75, 3.05) is 0 Å². The summed E-state index contributed by atoms with van der Waals surface area (Å²) >= 11 is 0. The first-order valence-corrected chi connectivity index (χ1v) is 4.21. The van der Waals surface area contributed by atoms with E-state index in [1.54, 1.807) is 0 Å². The van der Waals surface area contributed by atoms with Crippen LogP contribution >= 0.6 is 0 Å². The molecule has 1 aliphatic rings. The lowest BCUT2D eigenvalue weighted by atomic mass is 9.94. The van der Waals surface area contributed by atoms with Gasteiger partial charge in [0.15, 0.2) is 11.5 Å². The Morgan fingerprint density at radius 3 is 2.31 bits per heavy atom. The lowest BCUT2D eigenvalue weighted by Gasteiger charge is -2.11. The Morgan fingerprint density at radius 1 is 1.23 bits per heavy atom. The number of hydrogen-bond donors (Lipinski definition) is 1. The van der Waals surface area contributed by atoms with Crippen LogP contribution in [0.3, 0.4) is 0 Å². The van der Waals surface area contributed by atoms with E-state index < -0.39 is 5.78 Å². The van der Waals surface area contributed by atoms with Crippen molar-refractivity contribution in [3.8, 4) is 0 Å². The van der Waals surface area contributed by atoms with E-state index in [0.29, 0.717) is 6.42 Å². The van der Waals surface area contributed by atoms with Gasteiger partial charge in [-0.25, -0.2) is 0 Å². The van der Waals surface area contributed by atoms with Gasteiger partial charge in [-0.15, -0.1) is 0 Å². The van der Waals surface area contributed by atoms with Crippen LogP contribution in [0.15, 0.2) is 23.5 Å². The number of aliphatic hydroxyl groups excluding tert-OH is 1. The van der Waals surface area contributed by atoms with Crippen LogP contribution in [0.25, 0.3) is 0 Å². The summed E-state index contributed by atoms with van der Waals surface area (Å²) in [6, 6.07) is 0. The number of aliphatic hydroxyl groups is 1. The fraction of sp³-hybridized carbons (Fsp3) is 0.400. The smallest absolute Gasteiger partial charge is 0.220 e. The van der Waals surface area contributed by atoms with Gasteiger partial charge in [0.2, 0.25) is 5.78 Å². The van der Waals surface area contributed by atoms with Gasteiger partial charge in [-0.05, 0) is 24.5 Å². The molecule has 0 fully saturated rings. The molecule has 0 bridgehead atoms. The Kier molecular flexibility index (Phi) is 2.66. The third kappa shape index (κ3) is 2.05. The second-order valence-electron chi connectivity index (χ2n) is 3.49. The predicted molar refractivity (Wildman–Crippen MR) is 48.3 cm³/mol. The van der Waals surface area contributed by atoms with E-state index in [0.717, 1.165) is 6.08 Å². The molecular formula is C10H12O3. The molecule has 0 radical (unpaired) electrons. The Labute approximate surface area is 76.8 Å². The Morgan fingerprint density at radius 2 is 1.77 bits per heavy atom. The summed E-state index contributed by atoms with van der Waals surface area (Å²) in [5, 5.41) is 9.31. The maximum absolute atomic E-state index is 11.2. The normalized spacial score (nSPS) is 17.5. The van der Waals surface area contributed by atoms with Crippen molar-refractivity contribution in [1.29, 1.82) is 0 Å². The van der Waals surface area contributed by atoms with Crippen LogP contribution in [0.1, 0.15) is 20.3 Å². The Balaban J connectivity index is 2.96. The molecular weight excluding hydrogens is 168 g/mol. The molecule has 3 heteroatoms. The zero-order valence-corrected chi connectivity index (χ0v) is 7.70. The summed E-state index contributed by atoms with van der Waals surface area (Å²) in [6.07, 6.45) is 2.75. The van der Waals surface area contributed by atoms with Gasteiger partial charge < -0.3 is 5.11 Å². The molecule has 0 heterocycles. The van der Waals surface area contributed by atoms with E-state index in [1.807, 2.05) is 13.8 Å². The summed E-state index contributed by atoms with van der Waals surface area (Å²) in [7, 11) is 0. The minimum Gasteiger partial charge on any atom is -0.504 e. The average Bonchev–Trinajstić information content (AvgIpc) is 2.05. The maximum atomic E-state index is 11.2. The summed E-state index contributed by atoms with van der Waals surface area (Å²) in [6.45, 7) is 3.85. The van der Waals surface area contributed by atoms with Gasteiger partial charge in [0.1, 0.15) is 0 Å². The van der Waals surface area contributed by atoms with E-state index in [2.05, 4.69) is 0 Å². The first-order chi connectivity index (χ1) is 6.02. The van der Waals surface area contributed by atoms with Gasteiger partial charge in [-0.1, -0.05) is 13.8 Å². The summed E-state index contributed by atoms with van der Waals surface area (Å²) in [4.78, 5) is 22.2. The first-order valence-electron chi connectivity index (χ1n) is 4.21. The van der Waals surface area contributed by atoms with E-state index in [1.165, 1.54) is 6.08 Å². The molecule has 0 aromatic carbocycles. The SMILES string of the molecule is CC(C)CC1=C(O)C(=O)C=CC1=O. The number of carbonyl (C=O) groups is 2. The molecule has 0 saturated carbocycles. The van der Waals surface area contributed by atoms with Crippen molar-refractivity contribution in [1.82, 2.24) is 0 Å². The molecule has 0 atom stereocenters. The molecule has 0 spiro atoms. The van der Waals surface area contributed by atoms with E-state index in [4.69, 9.17) is 0 Å². The second kappa shape index (κ2) is 3.56. The quantitative estimate of drug-likeness (QED) is 0.656. The fourth-order valence-corrected chi connectivity index (χ4v) is 1.20. The van der Waals surface area contributed by atoms with Gasteiger partial charge in [0.05, 0.1) is 0 Å². The van der Waals surface area contributed by atoms with Crippen molar-refractivity contribution in [3.05, 3.63) is 23.5 Å². The van der Waals surface area contributed by atoms with Gasteiger partial charge in [0, 0.05) is 5.57 Å². The lowest BCUT2D eigenvalue weighted by Crippen LogP contribution is -2.15. The maximum Gasteiger partial charge on any atom is 0.220 e. The highest BCUT2D eigenvalue weighted by molar-refractivity contribution is 6.18. The largest absolute Gasteiger partial charge is 0.504 e. The van der Waals surface area contributed by atoms with E-state index >= 15 is 0 Å². The minimum absolute atomic E-state index is 0.238. The van der Waals surface area contributed by atoms with Gasteiger partial charge >= 0.3 is 0 Å². The minimum atomic E-state index is -0.477. The van der Waals surface area contributed by atoms with Crippen molar-refractivity contribution >= 4 is 11.6 Å². The monoisotopic (exact) mass is 180 g/mol. The third-order valence-electron chi connectivity index (χ3n) is 1.82. The number of ketones is 2. The van der Waals surface area contributed by atoms with E-state index in [-0.39, 0.29) is 23.0 Å². The first kappa shape index (κ1) is 9.71. The van der Waals surface area contributed by atoms with Crippen molar-refractivity contribution in [3.63, 3.8) is 0 Å². The molecule has 1 rings (SSSR count). The van der Waals surface area contributed by atoms with Crippen LogP contribution in [-0.2, 0) is 9.59 Å². The van der Waals surface area contributed by atoms with Crippen molar-refractivity contribution in [2.45, 2.75) is 20.3 Å². The predicted octanol–water partition coefficient (Wildman–Crippen LogP) is 1.55. The number of hydrogen-bond acceptors (Lipinski definition) is 3. The van der Waals surface area contributed by atoms with Crippen LogP contribution in [0.4, 0.5) is 0 Å². The Bertz CT molecular complexity index is 308. The van der Waals surface area contributed by atoms with Crippen LogP contribution in [-0.4, -0.2) is 16.7 Å². The molecule has 70 valence electrons. The molecule has 0 saturated heterocycles. The molecule has 0 amide bonds. The molecule has 1 aliphatic carbocycles. The van der Waals surface area contributed by atoms with Crippen LogP contribution in [0, 0.1) is 5.92 Å². The summed E-state index contributed by atoms with van der Waals surface area (Å²) in [5.74, 6) is -0.873. The van der Waals surface area contributed by atoms with Crippen molar-refractivity contribution < 1.29 is 14.7 Å². The molecule has 0 aliphatic heterocycles. The Hall–Kier alpha value is -1.38. The van der Waals surface area contributed by atoms with Crippen LogP contribution in [0.2, 0.25) is 0 Å². The third-order valence-corrected chi connectivity index (χ3v) is 1.82. The fourth-order valence-electron chi connectivity index (χ4n) is 1.20. The van der Waals surface area contributed by atoms with Gasteiger partial charge in [-0.3, -0.25) is 9.59 Å². The number of rotatable bonds is 2. The second-order valence-corrected chi connectivity index (χ2v) is 3.49.